The molecule has 0 unspecified atom stereocenters. The molecule has 0 amide bonds. The van der Waals surface area contributed by atoms with Gasteiger partial charge in [0, 0.05) is 6.92 Å². The monoisotopic (exact) mass is 486 g/mol. The lowest BCUT2D eigenvalue weighted by atomic mass is 9.70. The van der Waals surface area contributed by atoms with Crippen LogP contribution in [-0.2, 0) is 40.0 Å². The summed E-state index contributed by atoms with van der Waals surface area (Å²) in [7, 11) is 0. The standard InChI is InChI=1S/C28H38O7/c1-20(18-33-21(2)29)24-14-10-16-28(24,26(32)34-19-22-11-7-6-8-12-22)15-9-13-23(30)17-25(31)35-27(3,4)5/h6-9,11-13,20,24H,10,14-19H2,1-5H3/b13-9+/t20-,24+,28+/m0/s1. The van der Waals surface area contributed by atoms with E-state index in [1.165, 1.54) is 13.0 Å². The van der Waals surface area contributed by atoms with Gasteiger partial charge in [-0.1, -0.05) is 49.8 Å². The number of allylic oxidation sites excluding steroid dienone is 2. The largest absolute Gasteiger partial charge is 0.466 e. The quantitative estimate of drug-likeness (QED) is 0.189. The van der Waals surface area contributed by atoms with Crippen LogP contribution in [0.3, 0.4) is 0 Å². The number of hydrogen-bond donors (Lipinski definition) is 0. The number of benzene rings is 1. The zero-order chi connectivity index (χ0) is 26.1. The van der Waals surface area contributed by atoms with Gasteiger partial charge in [0.1, 0.15) is 18.6 Å². The smallest absolute Gasteiger partial charge is 0.314 e. The maximum atomic E-state index is 13.5. The molecule has 1 fully saturated rings. The number of carbonyl (C=O) groups excluding carboxylic acids is 4. The highest BCUT2D eigenvalue weighted by Crippen LogP contribution is 2.51. The fourth-order valence-electron chi connectivity index (χ4n) is 4.73. The summed E-state index contributed by atoms with van der Waals surface area (Å²) < 4.78 is 16.2. The van der Waals surface area contributed by atoms with Crippen LogP contribution in [0, 0.1) is 17.3 Å². The first kappa shape index (κ1) is 28.3. The Morgan fingerprint density at radius 2 is 1.80 bits per heavy atom. The van der Waals surface area contributed by atoms with Crippen LogP contribution < -0.4 is 0 Å². The molecule has 0 heterocycles. The van der Waals surface area contributed by atoms with Gasteiger partial charge in [0.15, 0.2) is 5.78 Å². The van der Waals surface area contributed by atoms with Crippen LogP contribution in [0.5, 0.6) is 0 Å². The average Bonchev–Trinajstić information content (AvgIpc) is 3.20. The third kappa shape index (κ3) is 8.96. The molecule has 1 saturated carbocycles. The van der Waals surface area contributed by atoms with E-state index < -0.39 is 17.0 Å². The number of hydrogen-bond acceptors (Lipinski definition) is 7. The van der Waals surface area contributed by atoms with Crippen molar-refractivity contribution in [2.45, 2.75) is 78.9 Å². The van der Waals surface area contributed by atoms with Gasteiger partial charge < -0.3 is 14.2 Å². The summed E-state index contributed by atoms with van der Waals surface area (Å²) in [4.78, 5) is 49.1. The minimum Gasteiger partial charge on any atom is -0.466 e. The van der Waals surface area contributed by atoms with Crippen LogP contribution in [0.25, 0.3) is 0 Å². The molecule has 0 saturated heterocycles. The summed E-state index contributed by atoms with van der Waals surface area (Å²) in [5.41, 5.74) is -0.610. The van der Waals surface area contributed by atoms with Crippen LogP contribution in [0.15, 0.2) is 42.5 Å². The van der Waals surface area contributed by atoms with Crippen molar-refractivity contribution in [2.75, 3.05) is 6.61 Å². The van der Waals surface area contributed by atoms with Crippen LogP contribution in [0.4, 0.5) is 0 Å². The van der Waals surface area contributed by atoms with E-state index in [-0.39, 0.29) is 49.2 Å². The van der Waals surface area contributed by atoms with Crippen molar-refractivity contribution in [1.82, 2.24) is 0 Å². The lowest BCUT2D eigenvalue weighted by molar-refractivity contribution is -0.162. The fraction of sp³-hybridized carbons (Fsp3) is 0.571. The van der Waals surface area contributed by atoms with Crippen molar-refractivity contribution in [2.24, 2.45) is 17.3 Å². The predicted octanol–water partition coefficient (Wildman–Crippen LogP) is 4.96. The van der Waals surface area contributed by atoms with Gasteiger partial charge in [-0.25, -0.2) is 0 Å². The first-order chi connectivity index (χ1) is 16.4. The Balaban J connectivity index is 2.15. The van der Waals surface area contributed by atoms with E-state index in [2.05, 4.69) is 0 Å². The molecule has 1 aliphatic rings. The minimum absolute atomic E-state index is 0.0588. The summed E-state index contributed by atoms with van der Waals surface area (Å²) in [6.45, 7) is 8.94. The van der Waals surface area contributed by atoms with Crippen molar-refractivity contribution in [1.29, 1.82) is 0 Å². The molecular formula is C28H38O7. The molecule has 7 nitrogen and oxygen atoms in total. The number of ether oxygens (including phenoxy) is 3. The number of rotatable bonds is 11. The highest BCUT2D eigenvalue weighted by molar-refractivity contribution is 6.02. The van der Waals surface area contributed by atoms with Gasteiger partial charge in [-0.15, -0.1) is 0 Å². The van der Waals surface area contributed by atoms with Crippen LogP contribution in [0.2, 0.25) is 0 Å². The molecule has 2 rings (SSSR count). The maximum absolute atomic E-state index is 13.5. The number of ketones is 1. The van der Waals surface area contributed by atoms with E-state index in [0.29, 0.717) is 12.8 Å². The fourth-order valence-corrected chi connectivity index (χ4v) is 4.73. The second-order valence-corrected chi connectivity index (χ2v) is 10.3. The highest BCUT2D eigenvalue weighted by Gasteiger charge is 2.51. The third-order valence-corrected chi connectivity index (χ3v) is 6.23. The van der Waals surface area contributed by atoms with Gasteiger partial charge in [-0.2, -0.15) is 0 Å². The van der Waals surface area contributed by atoms with Gasteiger partial charge in [-0.05, 0) is 63.5 Å². The second kappa shape index (κ2) is 12.7. The zero-order valence-corrected chi connectivity index (χ0v) is 21.5. The molecule has 1 aliphatic carbocycles. The van der Waals surface area contributed by atoms with Crippen LogP contribution >= 0.6 is 0 Å². The molecule has 192 valence electrons. The molecule has 7 heteroatoms. The lowest BCUT2D eigenvalue weighted by Gasteiger charge is -2.36. The first-order valence-electron chi connectivity index (χ1n) is 12.2. The van der Waals surface area contributed by atoms with Crippen molar-refractivity contribution in [3.8, 4) is 0 Å². The second-order valence-electron chi connectivity index (χ2n) is 10.3. The molecule has 1 aromatic rings. The van der Waals surface area contributed by atoms with Crippen molar-refractivity contribution in [3.05, 3.63) is 48.0 Å². The minimum atomic E-state index is -0.836. The van der Waals surface area contributed by atoms with Crippen LogP contribution in [0.1, 0.15) is 72.3 Å². The Labute approximate surface area is 208 Å². The van der Waals surface area contributed by atoms with E-state index in [4.69, 9.17) is 14.2 Å². The SMILES string of the molecule is CC(=O)OC[C@H](C)[C@H]1CCC[C@@]1(C/C=C/C(=O)CC(=O)OC(C)(C)C)C(=O)OCc1ccccc1. The molecule has 0 bridgehead atoms. The van der Waals surface area contributed by atoms with Gasteiger partial charge in [-0.3, -0.25) is 19.2 Å². The Morgan fingerprint density at radius 1 is 1.11 bits per heavy atom. The Bertz CT molecular complexity index is 913. The maximum Gasteiger partial charge on any atom is 0.314 e. The highest BCUT2D eigenvalue weighted by atomic mass is 16.6. The summed E-state index contributed by atoms with van der Waals surface area (Å²) in [6, 6.07) is 9.46. The van der Waals surface area contributed by atoms with E-state index >= 15 is 0 Å². The summed E-state index contributed by atoms with van der Waals surface area (Å²) in [5.74, 6) is -1.78. The molecule has 0 aliphatic heterocycles. The Hall–Kier alpha value is -2.96. The van der Waals surface area contributed by atoms with Gasteiger partial charge >= 0.3 is 17.9 Å². The molecule has 1 aromatic carbocycles. The molecule has 0 aromatic heterocycles. The number of esters is 3. The molecular weight excluding hydrogens is 448 g/mol. The molecule has 0 spiro atoms. The summed E-state index contributed by atoms with van der Waals surface area (Å²) in [5, 5.41) is 0. The summed E-state index contributed by atoms with van der Waals surface area (Å²) in [6.07, 6.45) is 5.19. The first-order valence-corrected chi connectivity index (χ1v) is 12.2. The number of carbonyl (C=O) groups is 4. The van der Waals surface area contributed by atoms with E-state index in [1.807, 2.05) is 37.3 Å². The Kier molecular flexibility index (Phi) is 10.2. The Morgan fingerprint density at radius 3 is 2.43 bits per heavy atom. The van der Waals surface area contributed by atoms with E-state index in [1.54, 1.807) is 26.8 Å². The molecule has 3 atom stereocenters. The van der Waals surface area contributed by atoms with E-state index in [9.17, 15) is 19.2 Å². The topological polar surface area (TPSA) is 96.0 Å². The third-order valence-electron chi connectivity index (χ3n) is 6.23. The van der Waals surface area contributed by atoms with Crippen LogP contribution in [-0.4, -0.2) is 35.9 Å². The normalized spacial score (nSPS) is 20.9. The van der Waals surface area contributed by atoms with Crippen molar-refractivity contribution < 1.29 is 33.4 Å². The molecule has 35 heavy (non-hydrogen) atoms. The van der Waals surface area contributed by atoms with Gasteiger partial charge in [0.05, 0.1) is 12.0 Å². The predicted molar refractivity (Wildman–Crippen MR) is 131 cm³/mol. The van der Waals surface area contributed by atoms with Crippen molar-refractivity contribution in [3.63, 3.8) is 0 Å². The zero-order valence-electron chi connectivity index (χ0n) is 21.5. The summed E-state index contributed by atoms with van der Waals surface area (Å²) >= 11 is 0. The molecule has 0 radical (unpaired) electrons. The average molecular weight is 487 g/mol. The van der Waals surface area contributed by atoms with E-state index in [0.717, 1.165) is 18.4 Å². The van der Waals surface area contributed by atoms with Crippen molar-refractivity contribution >= 4 is 23.7 Å². The van der Waals surface area contributed by atoms with Gasteiger partial charge in [0.25, 0.3) is 0 Å². The van der Waals surface area contributed by atoms with Gasteiger partial charge in [0.2, 0.25) is 0 Å². The lowest BCUT2D eigenvalue weighted by Crippen LogP contribution is -2.40. The molecule has 0 N–H and O–H groups in total.